The second kappa shape index (κ2) is 8.93. The van der Waals surface area contributed by atoms with Crippen LogP contribution in [0.4, 0.5) is 11.4 Å². The maximum absolute atomic E-state index is 12.1. The van der Waals surface area contributed by atoms with Gasteiger partial charge in [-0.2, -0.15) is 0 Å². The van der Waals surface area contributed by atoms with E-state index in [-0.39, 0.29) is 12.5 Å². The average Bonchev–Trinajstić information content (AvgIpc) is 2.55. The Labute approximate surface area is 143 Å². The lowest BCUT2D eigenvalue weighted by Gasteiger charge is -2.13. The van der Waals surface area contributed by atoms with E-state index in [4.69, 9.17) is 9.47 Å². The molecule has 0 atom stereocenters. The topological polar surface area (TPSA) is 59.6 Å². The largest absolute Gasteiger partial charge is 0.491 e. The number of hydrogen-bond acceptors (Lipinski definition) is 4. The number of aryl methyl sites for hydroxylation is 2. The molecule has 0 spiro atoms. The van der Waals surface area contributed by atoms with Crippen LogP contribution in [0.1, 0.15) is 11.1 Å². The van der Waals surface area contributed by atoms with Crippen molar-refractivity contribution in [2.75, 3.05) is 37.5 Å². The summed E-state index contributed by atoms with van der Waals surface area (Å²) in [6.45, 7) is 5.25. The Morgan fingerprint density at radius 3 is 2.46 bits per heavy atom. The molecule has 0 heterocycles. The van der Waals surface area contributed by atoms with Crippen molar-refractivity contribution in [1.82, 2.24) is 0 Å². The number of para-hydroxylation sites is 1. The third-order valence-electron chi connectivity index (χ3n) is 3.58. The summed E-state index contributed by atoms with van der Waals surface area (Å²) in [5, 5.41) is 6.07. The van der Waals surface area contributed by atoms with Gasteiger partial charge in [-0.25, -0.2) is 0 Å². The van der Waals surface area contributed by atoms with E-state index in [1.165, 1.54) is 0 Å². The number of anilines is 2. The van der Waals surface area contributed by atoms with E-state index in [1.807, 2.05) is 50.2 Å². The lowest BCUT2D eigenvalue weighted by Crippen LogP contribution is -2.22. The van der Waals surface area contributed by atoms with Gasteiger partial charge in [-0.1, -0.05) is 24.3 Å². The van der Waals surface area contributed by atoms with Gasteiger partial charge in [0, 0.05) is 24.6 Å². The highest BCUT2D eigenvalue weighted by molar-refractivity contribution is 5.94. The van der Waals surface area contributed by atoms with Crippen LogP contribution in [0, 0.1) is 13.8 Å². The summed E-state index contributed by atoms with van der Waals surface area (Å²) in [7, 11) is 1.63. The standard InChI is InChI=1S/C19H24N2O3/c1-14-6-4-7-15(2)19(14)20-13-18(22)21-16-8-5-9-17(12-16)24-11-10-23-3/h4-9,12,20H,10-11,13H2,1-3H3,(H,21,22). The highest BCUT2D eigenvalue weighted by atomic mass is 16.5. The molecular weight excluding hydrogens is 304 g/mol. The summed E-state index contributed by atoms with van der Waals surface area (Å²) >= 11 is 0. The number of amides is 1. The Bertz CT molecular complexity index is 666. The highest BCUT2D eigenvalue weighted by Crippen LogP contribution is 2.20. The SMILES string of the molecule is COCCOc1cccc(NC(=O)CNc2c(C)cccc2C)c1. The summed E-state index contributed by atoms with van der Waals surface area (Å²) < 4.78 is 10.5. The van der Waals surface area contributed by atoms with Crippen molar-refractivity contribution in [3.63, 3.8) is 0 Å². The van der Waals surface area contributed by atoms with Gasteiger partial charge < -0.3 is 20.1 Å². The van der Waals surface area contributed by atoms with E-state index >= 15 is 0 Å². The Morgan fingerprint density at radius 2 is 1.75 bits per heavy atom. The number of rotatable bonds is 8. The third kappa shape index (κ3) is 5.28. The Hall–Kier alpha value is -2.53. The van der Waals surface area contributed by atoms with Gasteiger partial charge in [-0.3, -0.25) is 4.79 Å². The smallest absolute Gasteiger partial charge is 0.243 e. The van der Waals surface area contributed by atoms with Crippen LogP contribution in [-0.4, -0.2) is 32.8 Å². The molecule has 0 aliphatic carbocycles. The second-order valence-corrected chi connectivity index (χ2v) is 5.54. The zero-order valence-electron chi connectivity index (χ0n) is 14.4. The first-order valence-corrected chi connectivity index (χ1v) is 7.92. The fourth-order valence-corrected chi connectivity index (χ4v) is 2.37. The van der Waals surface area contributed by atoms with E-state index in [2.05, 4.69) is 10.6 Å². The van der Waals surface area contributed by atoms with Crippen molar-refractivity contribution >= 4 is 17.3 Å². The zero-order chi connectivity index (χ0) is 17.4. The molecule has 2 N–H and O–H groups in total. The maximum atomic E-state index is 12.1. The monoisotopic (exact) mass is 328 g/mol. The van der Waals surface area contributed by atoms with Crippen molar-refractivity contribution in [3.05, 3.63) is 53.6 Å². The molecule has 5 nitrogen and oxygen atoms in total. The number of hydrogen-bond donors (Lipinski definition) is 2. The Kier molecular flexibility index (Phi) is 6.63. The summed E-state index contributed by atoms with van der Waals surface area (Å²) in [6.07, 6.45) is 0. The molecule has 0 radical (unpaired) electrons. The lowest BCUT2D eigenvalue weighted by atomic mass is 10.1. The molecule has 2 rings (SSSR count). The molecule has 0 saturated carbocycles. The highest BCUT2D eigenvalue weighted by Gasteiger charge is 2.06. The van der Waals surface area contributed by atoms with E-state index in [1.54, 1.807) is 13.2 Å². The van der Waals surface area contributed by atoms with Crippen molar-refractivity contribution in [2.24, 2.45) is 0 Å². The summed E-state index contributed by atoms with van der Waals surface area (Å²) in [5.41, 5.74) is 3.95. The van der Waals surface area contributed by atoms with Gasteiger partial charge >= 0.3 is 0 Å². The van der Waals surface area contributed by atoms with E-state index in [9.17, 15) is 4.79 Å². The molecule has 2 aromatic rings. The van der Waals surface area contributed by atoms with Gasteiger partial charge in [0.15, 0.2) is 0 Å². The first-order chi connectivity index (χ1) is 11.6. The minimum atomic E-state index is -0.105. The minimum Gasteiger partial charge on any atom is -0.491 e. The molecule has 0 unspecified atom stereocenters. The van der Waals surface area contributed by atoms with Crippen LogP contribution in [0.3, 0.4) is 0 Å². The molecule has 5 heteroatoms. The quantitative estimate of drug-likeness (QED) is 0.729. The van der Waals surface area contributed by atoms with Gasteiger partial charge in [0.25, 0.3) is 0 Å². The van der Waals surface area contributed by atoms with E-state index in [0.29, 0.717) is 24.7 Å². The normalized spacial score (nSPS) is 10.3. The Morgan fingerprint density at radius 1 is 1.04 bits per heavy atom. The number of benzene rings is 2. The number of ether oxygens (including phenoxy) is 2. The van der Waals surface area contributed by atoms with Gasteiger partial charge in [0.2, 0.25) is 5.91 Å². The van der Waals surface area contributed by atoms with Crippen molar-refractivity contribution in [3.8, 4) is 5.75 Å². The molecule has 128 valence electrons. The zero-order valence-corrected chi connectivity index (χ0v) is 14.4. The number of carbonyl (C=O) groups excluding carboxylic acids is 1. The van der Waals surface area contributed by atoms with Crippen LogP contribution in [0.2, 0.25) is 0 Å². The predicted molar refractivity (Wildman–Crippen MR) is 96.8 cm³/mol. The third-order valence-corrected chi connectivity index (χ3v) is 3.58. The first-order valence-electron chi connectivity index (χ1n) is 7.92. The molecule has 0 aromatic heterocycles. The molecule has 0 aliphatic heterocycles. The molecule has 2 aromatic carbocycles. The van der Waals surface area contributed by atoms with Crippen LogP contribution < -0.4 is 15.4 Å². The maximum Gasteiger partial charge on any atom is 0.243 e. The fourth-order valence-electron chi connectivity index (χ4n) is 2.37. The molecule has 0 saturated heterocycles. The average molecular weight is 328 g/mol. The summed E-state index contributed by atoms with van der Waals surface area (Å²) in [5.74, 6) is 0.597. The first kappa shape index (κ1) is 17.8. The summed E-state index contributed by atoms with van der Waals surface area (Å²) in [6, 6.07) is 13.4. The minimum absolute atomic E-state index is 0.105. The molecule has 1 amide bonds. The van der Waals surface area contributed by atoms with E-state index < -0.39 is 0 Å². The molecule has 0 fully saturated rings. The van der Waals surface area contributed by atoms with Crippen LogP contribution >= 0.6 is 0 Å². The van der Waals surface area contributed by atoms with Gasteiger partial charge in [0.05, 0.1) is 13.2 Å². The molecule has 0 aliphatic rings. The van der Waals surface area contributed by atoms with Crippen LogP contribution in [-0.2, 0) is 9.53 Å². The van der Waals surface area contributed by atoms with Gasteiger partial charge in [0.1, 0.15) is 12.4 Å². The van der Waals surface area contributed by atoms with E-state index in [0.717, 1.165) is 16.8 Å². The summed E-state index contributed by atoms with van der Waals surface area (Å²) in [4.78, 5) is 12.1. The molecular formula is C19H24N2O3. The van der Waals surface area contributed by atoms with Gasteiger partial charge in [-0.05, 0) is 37.1 Å². The van der Waals surface area contributed by atoms with Crippen molar-refractivity contribution < 1.29 is 14.3 Å². The number of methoxy groups -OCH3 is 1. The molecule has 24 heavy (non-hydrogen) atoms. The van der Waals surface area contributed by atoms with Crippen molar-refractivity contribution in [2.45, 2.75) is 13.8 Å². The molecule has 0 bridgehead atoms. The number of carbonyl (C=O) groups is 1. The predicted octanol–water partition coefficient (Wildman–Crippen LogP) is 3.38. The van der Waals surface area contributed by atoms with Gasteiger partial charge in [-0.15, -0.1) is 0 Å². The fraction of sp³-hybridized carbons (Fsp3) is 0.316. The number of nitrogens with one attached hydrogen (secondary N) is 2. The van der Waals surface area contributed by atoms with Crippen LogP contribution in [0.25, 0.3) is 0 Å². The van der Waals surface area contributed by atoms with Crippen LogP contribution in [0.15, 0.2) is 42.5 Å². The Balaban J connectivity index is 1.89. The second-order valence-electron chi connectivity index (χ2n) is 5.54. The van der Waals surface area contributed by atoms with Crippen LogP contribution in [0.5, 0.6) is 5.75 Å². The van der Waals surface area contributed by atoms with Crippen molar-refractivity contribution in [1.29, 1.82) is 0 Å². The lowest BCUT2D eigenvalue weighted by molar-refractivity contribution is -0.114.